The second-order valence-electron chi connectivity index (χ2n) is 5.11. The van der Waals surface area contributed by atoms with Crippen LogP contribution in [-0.2, 0) is 9.31 Å². The highest BCUT2D eigenvalue weighted by atomic mass is 19.1. The van der Waals surface area contributed by atoms with Crippen molar-refractivity contribution in [2.75, 3.05) is 0 Å². The molecule has 2 aliphatic rings. The maximum absolute atomic E-state index is 12.9. The molecule has 0 aromatic heterocycles. The van der Waals surface area contributed by atoms with Crippen LogP contribution in [0.4, 0.5) is 4.39 Å². The van der Waals surface area contributed by atoms with Gasteiger partial charge in [-0.15, -0.1) is 0 Å². The van der Waals surface area contributed by atoms with Gasteiger partial charge >= 0.3 is 7.12 Å². The summed E-state index contributed by atoms with van der Waals surface area (Å²) in [5, 5.41) is 0. The summed E-state index contributed by atoms with van der Waals surface area (Å²) in [6, 6.07) is 0. The number of allylic oxidation sites excluding steroid dienone is 4. The fourth-order valence-corrected chi connectivity index (χ4v) is 1.71. The lowest BCUT2D eigenvalue weighted by atomic mass is 9.73. The van der Waals surface area contributed by atoms with E-state index in [1.54, 1.807) is 6.08 Å². The number of halogens is 1. The van der Waals surface area contributed by atoms with E-state index in [4.69, 9.17) is 9.31 Å². The molecule has 1 fully saturated rings. The van der Waals surface area contributed by atoms with Crippen LogP contribution in [0, 0.1) is 0 Å². The zero-order valence-electron chi connectivity index (χ0n) is 9.58. The molecule has 2 rings (SSSR count). The molecule has 0 spiro atoms. The third kappa shape index (κ3) is 1.76. The van der Waals surface area contributed by atoms with Crippen molar-refractivity contribution >= 4 is 7.12 Å². The van der Waals surface area contributed by atoms with E-state index < -0.39 is 0 Å². The number of rotatable bonds is 1. The third-order valence-electron chi connectivity index (χ3n) is 3.42. The van der Waals surface area contributed by atoms with Crippen LogP contribution in [0.3, 0.4) is 0 Å². The maximum atomic E-state index is 12.9. The lowest BCUT2D eigenvalue weighted by Gasteiger charge is -2.32. The van der Waals surface area contributed by atoms with Gasteiger partial charge in [0.2, 0.25) is 0 Å². The predicted molar refractivity (Wildman–Crippen MR) is 58.2 cm³/mol. The fourth-order valence-electron chi connectivity index (χ4n) is 1.71. The van der Waals surface area contributed by atoms with Gasteiger partial charge in [0, 0.05) is 5.82 Å². The van der Waals surface area contributed by atoms with E-state index in [1.807, 2.05) is 27.7 Å². The second-order valence-corrected chi connectivity index (χ2v) is 5.11. The summed E-state index contributed by atoms with van der Waals surface area (Å²) in [4.78, 5) is 0. The van der Waals surface area contributed by atoms with Crippen molar-refractivity contribution in [3.05, 3.63) is 24.1 Å². The Hall–Kier alpha value is -0.605. The average Bonchev–Trinajstić information content (AvgIpc) is 2.56. The molecule has 0 bridgehead atoms. The summed E-state index contributed by atoms with van der Waals surface area (Å²) in [6.45, 7) is 7.97. The van der Waals surface area contributed by atoms with E-state index in [-0.39, 0.29) is 30.0 Å². The highest BCUT2D eigenvalue weighted by Crippen LogP contribution is 2.41. The van der Waals surface area contributed by atoms with Crippen molar-refractivity contribution in [3.63, 3.8) is 0 Å². The van der Waals surface area contributed by atoms with E-state index in [9.17, 15) is 4.39 Å². The van der Waals surface area contributed by atoms with Crippen LogP contribution in [-0.4, -0.2) is 18.3 Å². The Morgan fingerprint density at radius 3 is 2.13 bits per heavy atom. The zero-order chi connectivity index (χ0) is 11.3. The van der Waals surface area contributed by atoms with E-state index in [0.717, 1.165) is 0 Å². The van der Waals surface area contributed by atoms with Crippen molar-refractivity contribution in [1.29, 1.82) is 0 Å². The molecule has 1 heterocycles. The molecule has 2 nitrogen and oxygen atoms in total. The molecule has 1 aliphatic carbocycles. The van der Waals surface area contributed by atoms with E-state index >= 15 is 0 Å². The Labute approximate surface area is 90.3 Å². The molecule has 1 unspecified atom stereocenters. The van der Waals surface area contributed by atoms with Gasteiger partial charge in [-0.3, -0.25) is 0 Å². The van der Waals surface area contributed by atoms with Crippen LogP contribution in [0.1, 0.15) is 27.7 Å². The first kappa shape index (κ1) is 10.9. The first-order valence-corrected chi connectivity index (χ1v) is 5.23. The molecular weight excluding hydrogens is 194 g/mol. The molecule has 0 saturated carbocycles. The van der Waals surface area contributed by atoms with Crippen LogP contribution in [0.15, 0.2) is 24.1 Å². The summed E-state index contributed by atoms with van der Waals surface area (Å²) >= 11 is 0. The molecule has 1 aliphatic heterocycles. The monoisotopic (exact) mass is 210 g/mol. The number of hydrogen-bond donors (Lipinski definition) is 0. The Kier molecular flexibility index (Phi) is 2.32. The molecule has 15 heavy (non-hydrogen) atoms. The SMILES string of the molecule is CC1(C)OB(C2C=CC(F)=C2)OC1(C)C. The zero-order valence-corrected chi connectivity index (χ0v) is 9.58. The van der Waals surface area contributed by atoms with Gasteiger partial charge in [0.1, 0.15) is 5.83 Å². The van der Waals surface area contributed by atoms with Crippen molar-refractivity contribution in [3.8, 4) is 0 Å². The van der Waals surface area contributed by atoms with Crippen molar-refractivity contribution in [1.82, 2.24) is 0 Å². The molecule has 1 atom stereocenters. The van der Waals surface area contributed by atoms with Crippen molar-refractivity contribution in [2.24, 2.45) is 0 Å². The minimum Gasteiger partial charge on any atom is -0.403 e. The molecule has 0 amide bonds. The van der Waals surface area contributed by atoms with Gasteiger partial charge in [0.05, 0.1) is 11.2 Å². The molecule has 1 saturated heterocycles. The summed E-state index contributed by atoms with van der Waals surface area (Å²) in [5.41, 5.74) is -0.698. The first-order chi connectivity index (χ1) is 6.82. The van der Waals surface area contributed by atoms with Crippen molar-refractivity contribution in [2.45, 2.75) is 44.7 Å². The standard InChI is InChI=1S/C11H16BFO2/c1-10(2)11(3,4)15-12(14-10)8-5-6-9(13)7-8/h5-8H,1-4H3. The molecule has 0 aromatic rings. The van der Waals surface area contributed by atoms with E-state index in [1.165, 1.54) is 12.2 Å². The molecule has 0 aromatic carbocycles. The molecule has 0 radical (unpaired) electrons. The quantitative estimate of drug-likeness (QED) is 0.619. The van der Waals surface area contributed by atoms with Gasteiger partial charge in [-0.2, -0.15) is 0 Å². The number of hydrogen-bond acceptors (Lipinski definition) is 2. The maximum Gasteiger partial charge on any atom is 0.469 e. The molecule has 0 N–H and O–H groups in total. The van der Waals surface area contributed by atoms with Crippen LogP contribution in [0.25, 0.3) is 0 Å². The third-order valence-corrected chi connectivity index (χ3v) is 3.42. The van der Waals surface area contributed by atoms with Gasteiger partial charge in [-0.25, -0.2) is 4.39 Å². The summed E-state index contributed by atoms with van der Waals surface area (Å²) in [7, 11) is -0.375. The highest BCUT2D eigenvalue weighted by molar-refractivity contribution is 6.49. The Bertz CT molecular complexity index is 317. The summed E-state index contributed by atoms with van der Waals surface area (Å²) < 4.78 is 24.5. The second kappa shape index (κ2) is 3.19. The first-order valence-electron chi connectivity index (χ1n) is 5.23. The van der Waals surface area contributed by atoms with Crippen molar-refractivity contribution < 1.29 is 13.7 Å². The minimum atomic E-state index is -0.375. The summed E-state index contributed by atoms with van der Waals surface area (Å²) in [6.07, 6.45) is 4.76. The molecule has 82 valence electrons. The Morgan fingerprint density at radius 2 is 1.73 bits per heavy atom. The van der Waals surface area contributed by atoms with E-state index in [2.05, 4.69) is 0 Å². The fraction of sp³-hybridized carbons (Fsp3) is 0.636. The van der Waals surface area contributed by atoms with Gasteiger partial charge in [-0.05, 0) is 39.8 Å². The minimum absolute atomic E-state index is 0.106. The largest absolute Gasteiger partial charge is 0.469 e. The predicted octanol–water partition coefficient (Wildman–Crippen LogP) is 2.87. The molecule has 4 heteroatoms. The van der Waals surface area contributed by atoms with E-state index in [0.29, 0.717) is 0 Å². The normalized spacial score (nSPS) is 32.2. The van der Waals surface area contributed by atoms with Gasteiger partial charge in [0.25, 0.3) is 0 Å². The van der Waals surface area contributed by atoms with Crippen LogP contribution in [0.2, 0.25) is 5.82 Å². The molecular formula is C11H16BFO2. The Balaban J connectivity index is 2.14. The summed E-state index contributed by atoms with van der Waals surface area (Å²) in [5.74, 6) is -0.319. The lowest BCUT2D eigenvalue weighted by Crippen LogP contribution is -2.41. The average molecular weight is 210 g/mol. The Morgan fingerprint density at radius 1 is 1.20 bits per heavy atom. The highest BCUT2D eigenvalue weighted by Gasteiger charge is 2.53. The lowest BCUT2D eigenvalue weighted by molar-refractivity contribution is 0.00578. The van der Waals surface area contributed by atoms with Crippen LogP contribution in [0.5, 0.6) is 0 Å². The van der Waals surface area contributed by atoms with Gasteiger partial charge in [-0.1, -0.05) is 6.08 Å². The van der Waals surface area contributed by atoms with Crippen LogP contribution >= 0.6 is 0 Å². The van der Waals surface area contributed by atoms with Gasteiger partial charge < -0.3 is 9.31 Å². The van der Waals surface area contributed by atoms with Crippen LogP contribution < -0.4 is 0 Å². The van der Waals surface area contributed by atoms with Gasteiger partial charge in [0.15, 0.2) is 0 Å². The topological polar surface area (TPSA) is 18.5 Å². The smallest absolute Gasteiger partial charge is 0.403 e.